The predicted octanol–water partition coefficient (Wildman–Crippen LogP) is 1.23. The van der Waals surface area contributed by atoms with Gasteiger partial charge in [-0.1, -0.05) is 12.5 Å². The summed E-state index contributed by atoms with van der Waals surface area (Å²) in [6.45, 7) is 0. The van der Waals surface area contributed by atoms with E-state index in [1.165, 1.54) is 11.0 Å². The third-order valence-corrected chi connectivity index (χ3v) is 8.19. The largest absolute Gasteiger partial charge is 0.508 e. The van der Waals surface area contributed by atoms with Crippen LogP contribution in [0.25, 0.3) is 5.76 Å². The molecule has 6 N–H and O–H groups in total. The predicted molar refractivity (Wildman–Crippen MR) is 121 cm³/mol. The lowest BCUT2D eigenvalue weighted by atomic mass is 9.57. The number of hydrogen-bond donors (Lipinski definition) is 5. The maximum atomic E-state index is 13.8. The number of amides is 1. The molecule has 9 nitrogen and oxygen atoms in total. The van der Waals surface area contributed by atoms with Crippen LogP contribution in [-0.4, -0.2) is 68.5 Å². The molecule has 0 bridgehead atoms. The van der Waals surface area contributed by atoms with Crippen molar-refractivity contribution in [3.8, 4) is 5.75 Å². The molecule has 34 heavy (non-hydrogen) atoms. The van der Waals surface area contributed by atoms with Gasteiger partial charge in [0.05, 0.1) is 11.6 Å². The molecule has 0 aromatic heterocycles. The van der Waals surface area contributed by atoms with Gasteiger partial charge in [-0.25, -0.2) is 0 Å². The van der Waals surface area contributed by atoms with Crippen LogP contribution in [0.15, 0.2) is 29.0 Å². The summed E-state index contributed by atoms with van der Waals surface area (Å²) in [6.07, 6.45) is 3.56. The highest BCUT2D eigenvalue weighted by molar-refractivity contribution is 6.24. The number of Topliss-reactive ketones (excluding diaryl/α,β-unsaturated/α-hetero) is 2. The van der Waals surface area contributed by atoms with Gasteiger partial charge in [-0.05, 0) is 68.8 Å². The second-order valence-corrected chi connectivity index (χ2v) is 10.1. The SMILES string of the molecule is CN(C)C1C(=O)C(C(N)=O)=C(O)C2(O)C(=O)C3=C(O)c4c(O)ccc(C5CCC5)c4CC3CC12. The number of ketones is 2. The van der Waals surface area contributed by atoms with E-state index in [1.54, 1.807) is 14.1 Å². The molecule has 5 rings (SSSR count). The number of rotatable bonds is 3. The minimum Gasteiger partial charge on any atom is -0.508 e. The number of phenols is 1. The Morgan fingerprint density at radius 2 is 1.79 bits per heavy atom. The van der Waals surface area contributed by atoms with Gasteiger partial charge in [-0.2, -0.15) is 0 Å². The molecule has 2 saturated carbocycles. The van der Waals surface area contributed by atoms with Gasteiger partial charge in [0, 0.05) is 11.5 Å². The molecule has 4 aliphatic rings. The first-order valence-corrected chi connectivity index (χ1v) is 11.5. The average molecular weight is 469 g/mol. The molecule has 1 amide bonds. The van der Waals surface area contributed by atoms with Crippen LogP contribution in [0.1, 0.15) is 48.3 Å². The van der Waals surface area contributed by atoms with E-state index in [0.29, 0.717) is 12.3 Å². The second kappa shape index (κ2) is 7.41. The second-order valence-electron chi connectivity index (χ2n) is 10.1. The van der Waals surface area contributed by atoms with Crippen molar-refractivity contribution in [3.63, 3.8) is 0 Å². The summed E-state index contributed by atoms with van der Waals surface area (Å²) in [5, 5.41) is 44.2. The van der Waals surface area contributed by atoms with E-state index >= 15 is 0 Å². The number of fused-ring (bicyclic) bond motifs is 3. The van der Waals surface area contributed by atoms with Crippen molar-refractivity contribution in [3.05, 3.63) is 45.7 Å². The molecule has 9 heteroatoms. The molecule has 1 aromatic rings. The quantitative estimate of drug-likeness (QED) is 0.414. The Balaban J connectivity index is 1.72. The van der Waals surface area contributed by atoms with E-state index in [2.05, 4.69) is 0 Å². The van der Waals surface area contributed by atoms with Gasteiger partial charge < -0.3 is 26.2 Å². The lowest BCUT2D eigenvalue weighted by molar-refractivity contribution is -0.153. The summed E-state index contributed by atoms with van der Waals surface area (Å²) >= 11 is 0. The maximum absolute atomic E-state index is 13.8. The number of benzene rings is 1. The highest BCUT2D eigenvalue weighted by Crippen LogP contribution is 2.54. The van der Waals surface area contributed by atoms with Crippen molar-refractivity contribution in [2.75, 3.05) is 14.1 Å². The molecule has 0 aliphatic heterocycles. The van der Waals surface area contributed by atoms with Gasteiger partial charge in [0.25, 0.3) is 5.91 Å². The van der Waals surface area contributed by atoms with Crippen LogP contribution in [0.5, 0.6) is 5.75 Å². The van der Waals surface area contributed by atoms with Crippen molar-refractivity contribution in [1.82, 2.24) is 4.90 Å². The standard InChI is InChI=1S/C25H28N2O7/c1-27(2)19-14-9-11-8-13-12(10-4-3-5-10)6-7-15(28)17(13)20(29)16(11)22(31)25(14,34)23(32)18(21(19)30)24(26)33/h6-7,10-11,14,19,28-29,32,34H,3-5,8-9H2,1-2H3,(H2,26,33). The Kier molecular flexibility index (Phi) is 4.93. The number of aliphatic hydroxyl groups excluding tert-OH is 2. The van der Waals surface area contributed by atoms with Crippen LogP contribution in [0.3, 0.4) is 0 Å². The van der Waals surface area contributed by atoms with Crippen molar-refractivity contribution >= 4 is 23.2 Å². The molecule has 4 unspecified atom stereocenters. The molecule has 1 aromatic carbocycles. The molecule has 4 aliphatic carbocycles. The number of phenolic OH excluding ortho intramolecular Hbond substituents is 1. The van der Waals surface area contributed by atoms with Gasteiger partial charge in [0.1, 0.15) is 22.8 Å². The summed E-state index contributed by atoms with van der Waals surface area (Å²) < 4.78 is 0. The number of aromatic hydroxyl groups is 1. The molecule has 0 radical (unpaired) electrons. The van der Waals surface area contributed by atoms with Crippen molar-refractivity contribution in [2.45, 2.75) is 49.7 Å². The van der Waals surface area contributed by atoms with E-state index in [-0.39, 0.29) is 23.3 Å². The third-order valence-electron chi connectivity index (χ3n) is 8.19. The molecule has 180 valence electrons. The molecule has 0 heterocycles. The molecule has 0 spiro atoms. The van der Waals surface area contributed by atoms with Gasteiger partial charge in [-0.3, -0.25) is 19.3 Å². The number of nitrogens with two attached hydrogens (primary N) is 1. The Morgan fingerprint density at radius 3 is 2.35 bits per heavy atom. The van der Waals surface area contributed by atoms with E-state index in [0.717, 1.165) is 30.4 Å². The van der Waals surface area contributed by atoms with Gasteiger partial charge >= 0.3 is 0 Å². The Hall–Kier alpha value is -3.17. The van der Waals surface area contributed by atoms with Crippen molar-refractivity contribution in [2.24, 2.45) is 17.6 Å². The van der Waals surface area contributed by atoms with Gasteiger partial charge in [0.15, 0.2) is 11.4 Å². The minimum atomic E-state index is -2.61. The van der Waals surface area contributed by atoms with E-state index in [4.69, 9.17) is 5.73 Å². The van der Waals surface area contributed by atoms with E-state index in [9.17, 15) is 34.8 Å². The van der Waals surface area contributed by atoms with Crippen molar-refractivity contribution < 1.29 is 34.8 Å². The molecular formula is C25H28N2O7. The minimum absolute atomic E-state index is 0.103. The number of primary amides is 1. The summed E-state index contributed by atoms with van der Waals surface area (Å²) in [5.74, 6) is -5.95. The Labute approximate surface area is 196 Å². The molecule has 2 fully saturated rings. The fourth-order valence-electron chi connectivity index (χ4n) is 6.37. The normalized spacial score (nSPS) is 31.2. The molecule has 0 saturated heterocycles. The number of likely N-dealkylation sites (N-methyl/N-ethyl adjacent to an activating group) is 1. The van der Waals surface area contributed by atoms with Gasteiger partial charge in [-0.15, -0.1) is 0 Å². The lowest BCUT2D eigenvalue weighted by Gasteiger charge is -2.50. The Bertz CT molecular complexity index is 1210. The van der Waals surface area contributed by atoms with Crippen LogP contribution < -0.4 is 5.73 Å². The van der Waals surface area contributed by atoms with E-state index < -0.39 is 58.0 Å². The average Bonchev–Trinajstić information content (AvgIpc) is 2.70. The van der Waals surface area contributed by atoms with Crippen LogP contribution >= 0.6 is 0 Å². The zero-order valence-electron chi connectivity index (χ0n) is 19.0. The maximum Gasteiger partial charge on any atom is 0.255 e. The first kappa shape index (κ1) is 22.6. The monoisotopic (exact) mass is 468 g/mol. The zero-order valence-corrected chi connectivity index (χ0v) is 19.0. The first-order valence-electron chi connectivity index (χ1n) is 11.5. The number of carbonyl (C=O) groups is 3. The van der Waals surface area contributed by atoms with Crippen LogP contribution in [0.2, 0.25) is 0 Å². The number of aliphatic hydroxyl groups is 3. The fraction of sp³-hybridized carbons (Fsp3) is 0.480. The van der Waals surface area contributed by atoms with Crippen molar-refractivity contribution in [1.29, 1.82) is 0 Å². The number of hydrogen-bond acceptors (Lipinski definition) is 8. The van der Waals surface area contributed by atoms with E-state index in [1.807, 2.05) is 6.07 Å². The summed E-state index contributed by atoms with van der Waals surface area (Å²) in [6, 6.07) is 2.28. The summed E-state index contributed by atoms with van der Waals surface area (Å²) in [7, 11) is 3.17. The number of carbonyl (C=O) groups excluding carboxylic acids is 3. The highest BCUT2D eigenvalue weighted by Gasteiger charge is 2.64. The smallest absolute Gasteiger partial charge is 0.255 e. The Morgan fingerprint density at radius 1 is 1.12 bits per heavy atom. The number of nitrogens with zero attached hydrogens (tertiary/aromatic N) is 1. The summed E-state index contributed by atoms with van der Waals surface area (Å²) in [4.78, 5) is 40.4. The summed E-state index contributed by atoms with van der Waals surface area (Å²) in [5.41, 5.74) is 3.77. The third kappa shape index (κ3) is 2.77. The van der Waals surface area contributed by atoms with Crippen LogP contribution in [-0.2, 0) is 20.8 Å². The molecular weight excluding hydrogens is 440 g/mol. The van der Waals surface area contributed by atoms with Gasteiger partial charge in [0.2, 0.25) is 5.78 Å². The zero-order chi connectivity index (χ0) is 24.7. The topological polar surface area (TPSA) is 161 Å². The van der Waals surface area contributed by atoms with Crippen LogP contribution in [0, 0.1) is 11.8 Å². The fourth-order valence-corrected chi connectivity index (χ4v) is 6.37. The lowest BCUT2D eigenvalue weighted by Crippen LogP contribution is -2.65. The first-order chi connectivity index (χ1) is 16.0. The molecule has 4 atom stereocenters. The highest BCUT2D eigenvalue weighted by atomic mass is 16.3. The van der Waals surface area contributed by atoms with Crippen LogP contribution in [0.4, 0.5) is 0 Å².